The number of nitro groups is 2. The molecule has 0 aliphatic carbocycles. The third-order valence-electron chi connectivity index (χ3n) is 4.20. The van der Waals surface area contributed by atoms with Gasteiger partial charge in [-0.15, -0.1) is 0 Å². The van der Waals surface area contributed by atoms with Crippen molar-refractivity contribution < 1.29 is 9.85 Å². The molecule has 0 amide bonds. The number of hydrogen-bond donors (Lipinski definition) is 0. The highest BCUT2D eigenvalue weighted by Gasteiger charge is 2.11. The maximum absolute atomic E-state index is 11.9. The molecule has 1 heterocycles. The minimum Gasteiger partial charge on any atom is -0.320 e. The number of non-ortho nitro benzene ring substituents is 2. The zero-order valence-corrected chi connectivity index (χ0v) is 16.2. The van der Waals surface area contributed by atoms with Crippen LogP contribution in [0, 0.1) is 27.2 Å². The SMILES string of the molecule is Cc1cc(=O)nc(SCc2ccc([N+](=O)[O-])cc2)n1Cc1ccc([N+](=O)[O-])cc1. The average molecular weight is 412 g/mol. The van der Waals surface area contributed by atoms with Gasteiger partial charge in [0.05, 0.1) is 9.85 Å². The van der Waals surface area contributed by atoms with Gasteiger partial charge in [0.25, 0.3) is 16.9 Å². The van der Waals surface area contributed by atoms with Crippen molar-refractivity contribution >= 4 is 23.1 Å². The Balaban J connectivity index is 1.82. The Labute approximate surface area is 169 Å². The molecule has 1 aromatic heterocycles. The van der Waals surface area contributed by atoms with Crippen LogP contribution in [-0.4, -0.2) is 19.4 Å². The van der Waals surface area contributed by atoms with Crippen molar-refractivity contribution in [1.82, 2.24) is 9.55 Å². The number of nitrogens with zero attached hydrogens (tertiary/aromatic N) is 4. The molecule has 3 aromatic rings. The van der Waals surface area contributed by atoms with E-state index in [2.05, 4.69) is 4.98 Å². The van der Waals surface area contributed by atoms with Gasteiger partial charge < -0.3 is 4.57 Å². The maximum Gasteiger partial charge on any atom is 0.273 e. The van der Waals surface area contributed by atoms with Crippen molar-refractivity contribution in [2.24, 2.45) is 0 Å². The van der Waals surface area contributed by atoms with Crippen LogP contribution >= 0.6 is 11.8 Å². The Morgan fingerprint density at radius 3 is 1.97 bits per heavy atom. The second kappa shape index (κ2) is 8.65. The predicted octanol–water partition coefficient (Wildman–Crippen LogP) is 3.71. The minimum atomic E-state index is -0.457. The van der Waals surface area contributed by atoms with Gasteiger partial charge in [0.2, 0.25) is 0 Å². The van der Waals surface area contributed by atoms with E-state index in [4.69, 9.17) is 0 Å². The molecule has 29 heavy (non-hydrogen) atoms. The number of aryl methyl sites for hydroxylation is 1. The highest BCUT2D eigenvalue weighted by atomic mass is 32.2. The van der Waals surface area contributed by atoms with Crippen LogP contribution in [0.15, 0.2) is 64.5 Å². The maximum atomic E-state index is 11.9. The van der Waals surface area contributed by atoms with Gasteiger partial charge in [-0.1, -0.05) is 36.0 Å². The first-order valence-corrected chi connectivity index (χ1v) is 9.50. The monoisotopic (exact) mass is 412 g/mol. The molecule has 9 nitrogen and oxygen atoms in total. The third kappa shape index (κ3) is 5.05. The molecule has 3 rings (SSSR count). The van der Waals surface area contributed by atoms with Gasteiger partial charge >= 0.3 is 0 Å². The summed E-state index contributed by atoms with van der Waals surface area (Å²) in [6, 6.07) is 13.8. The van der Waals surface area contributed by atoms with E-state index in [1.54, 1.807) is 31.2 Å². The highest BCUT2D eigenvalue weighted by molar-refractivity contribution is 7.98. The second-order valence-corrected chi connectivity index (χ2v) is 7.18. The lowest BCUT2D eigenvalue weighted by Gasteiger charge is -2.15. The van der Waals surface area contributed by atoms with Crippen LogP contribution in [0.5, 0.6) is 0 Å². The molecule has 0 N–H and O–H groups in total. The first-order valence-electron chi connectivity index (χ1n) is 8.51. The Bertz CT molecular complexity index is 1110. The van der Waals surface area contributed by atoms with Crippen LogP contribution in [0.1, 0.15) is 16.8 Å². The Hall–Kier alpha value is -3.53. The van der Waals surface area contributed by atoms with Gasteiger partial charge in [-0.3, -0.25) is 25.0 Å². The number of benzene rings is 2. The lowest BCUT2D eigenvalue weighted by atomic mass is 10.2. The van der Waals surface area contributed by atoms with Gasteiger partial charge in [-0.25, -0.2) is 0 Å². The molecule has 0 bridgehead atoms. The Kier molecular flexibility index (Phi) is 6.03. The molecule has 0 unspecified atom stereocenters. The largest absolute Gasteiger partial charge is 0.320 e. The van der Waals surface area contributed by atoms with Crippen molar-refractivity contribution in [1.29, 1.82) is 0 Å². The van der Waals surface area contributed by atoms with E-state index in [1.165, 1.54) is 42.1 Å². The molecule has 10 heteroatoms. The molecule has 2 aromatic carbocycles. The first-order chi connectivity index (χ1) is 13.8. The summed E-state index contributed by atoms with van der Waals surface area (Å²) in [5.41, 5.74) is 2.08. The predicted molar refractivity (Wildman–Crippen MR) is 108 cm³/mol. The van der Waals surface area contributed by atoms with E-state index in [9.17, 15) is 25.0 Å². The first kappa shape index (κ1) is 20.2. The van der Waals surface area contributed by atoms with Gasteiger partial charge in [0, 0.05) is 48.3 Å². The lowest BCUT2D eigenvalue weighted by molar-refractivity contribution is -0.385. The summed E-state index contributed by atoms with van der Waals surface area (Å²) in [5, 5.41) is 22.1. The third-order valence-corrected chi connectivity index (χ3v) is 5.25. The molecule has 0 fully saturated rings. The number of rotatable bonds is 7. The fourth-order valence-corrected chi connectivity index (χ4v) is 3.67. The molecule has 0 saturated carbocycles. The van der Waals surface area contributed by atoms with Crippen LogP contribution in [0.4, 0.5) is 11.4 Å². The fraction of sp³-hybridized carbons (Fsp3) is 0.158. The van der Waals surface area contributed by atoms with E-state index in [1.807, 2.05) is 4.57 Å². The molecule has 0 radical (unpaired) electrons. The number of thioether (sulfide) groups is 1. The molecular weight excluding hydrogens is 396 g/mol. The van der Waals surface area contributed by atoms with Gasteiger partial charge in [-0.2, -0.15) is 4.98 Å². The van der Waals surface area contributed by atoms with Gasteiger partial charge in [0.15, 0.2) is 5.16 Å². The lowest BCUT2D eigenvalue weighted by Crippen LogP contribution is -2.17. The summed E-state index contributed by atoms with van der Waals surface area (Å²) >= 11 is 1.34. The summed E-state index contributed by atoms with van der Waals surface area (Å²) in [5.74, 6) is 0.480. The van der Waals surface area contributed by atoms with Crippen molar-refractivity contribution in [2.45, 2.75) is 24.4 Å². The van der Waals surface area contributed by atoms with Crippen molar-refractivity contribution in [3.63, 3.8) is 0 Å². The topological polar surface area (TPSA) is 121 Å². The Morgan fingerprint density at radius 1 is 0.931 bits per heavy atom. The molecule has 148 valence electrons. The minimum absolute atomic E-state index is 0.0104. The van der Waals surface area contributed by atoms with Crippen molar-refractivity contribution in [3.8, 4) is 0 Å². The van der Waals surface area contributed by atoms with E-state index in [0.29, 0.717) is 17.5 Å². The molecular formula is C19H16N4O5S. The molecule has 0 atom stereocenters. The zero-order chi connectivity index (χ0) is 21.0. The summed E-state index contributed by atoms with van der Waals surface area (Å²) in [7, 11) is 0. The number of aromatic nitrogens is 2. The molecule has 0 aliphatic rings. The second-order valence-electron chi connectivity index (χ2n) is 6.24. The van der Waals surface area contributed by atoms with Crippen molar-refractivity contribution in [3.05, 3.63) is 102 Å². The van der Waals surface area contributed by atoms with E-state index >= 15 is 0 Å². The van der Waals surface area contributed by atoms with Crippen LogP contribution in [0.25, 0.3) is 0 Å². The van der Waals surface area contributed by atoms with E-state index in [-0.39, 0.29) is 16.9 Å². The van der Waals surface area contributed by atoms with Gasteiger partial charge in [0.1, 0.15) is 0 Å². The average Bonchev–Trinajstić information content (AvgIpc) is 2.69. The Morgan fingerprint density at radius 2 is 1.45 bits per heavy atom. The molecule has 0 aliphatic heterocycles. The van der Waals surface area contributed by atoms with Crippen LogP contribution in [-0.2, 0) is 12.3 Å². The number of hydrogen-bond acceptors (Lipinski definition) is 7. The summed E-state index contributed by atoms with van der Waals surface area (Å²) < 4.78 is 1.86. The summed E-state index contributed by atoms with van der Waals surface area (Å²) in [4.78, 5) is 36.6. The van der Waals surface area contributed by atoms with Crippen molar-refractivity contribution in [2.75, 3.05) is 0 Å². The quantitative estimate of drug-likeness (QED) is 0.251. The van der Waals surface area contributed by atoms with Crippen LogP contribution in [0.2, 0.25) is 0 Å². The van der Waals surface area contributed by atoms with E-state index < -0.39 is 9.85 Å². The molecule has 0 spiro atoms. The standard InChI is InChI=1S/C19H16N4O5S/c1-13-10-18(24)20-19(29-12-15-4-8-17(9-5-15)23(27)28)21(13)11-14-2-6-16(7-3-14)22(25)26/h2-10H,11-12H2,1H3. The highest BCUT2D eigenvalue weighted by Crippen LogP contribution is 2.24. The number of nitro benzene ring substituents is 2. The fourth-order valence-electron chi connectivity index (χ4n) is 2.66. The normalized spacial score (nSPS) is 10.7. The molecule has 0 saturated heterocycles. The van der Waals surface area contributed by atoms with Crippen LogP contribution in [0.3, 0.4) is 0 Å². The summed E-state index contributed by atoms with van der Waals surface area (Å²) in [6.07, 6.45) is 0. The van der Waals surface area contributed by atoms with E-state index in [0.717, 1.165) is 16.8 Å². The smallest absolute Gasteiger partial charge is 0.273 e. The zero-order valence-electron chi connectivity index (χ0n) is 15.3. The van der Waals surface area contributed by atoms with Crippen LogP contribution < -0.4 is 5.56 Å². The summed E-state index contributed by atoms with van der Waals surface area (Å²) in [6.45, 7) is 2.20. The van der Waals surface area contributed by atoms with Gasteiger partial charge in [-0.05, 0) is 18.1 Å².